The van der Waals surface area contributed by atoms with Gasteiger partial charge in [-0.2, -0.15) is 0 Å². The predicted octanol–water partition coefficient (Wildman–Crippen LogP) is -2.83. The zero-order chi connectivity index (χ0) is 30.7. The van der Waals surface area contributed by atoms with E-state index in [1.807, 2.05) is 0 Å². The van der Waals surface area contributed by atoms with Gasteiger partial charge in [0.1, 0.15) is 42.4 Å². The lowest BCUT2D eigenvalue weighted by Gasteiger charge is -2.31. The average molecular weight is 653 g/mol. The number of nitrogens with two attached hydrogens (primary N) is 1. The molecule has 3 rings (SSSR count). The zero-order valence-electron chi connectivity index (χ0n) is 21.0. The summed E-state index contributed by atoms with van der Waals surface area (Å²) in [6.45, 7) is -6.72. The number of ether oxygens (including phenoxy) is 2. The number of hydrogen-bond donors (Lipinski definition) is 9. The van der Waals surface area contributed by atoms with Gasteiger partial charge in [-0.25, -0.2) is 28.2 Å². The van der Waals surface area contributed by atoms with Crippen molar-refractivity contribution in [1.29, 1.82) is 0 Å². The smallest absolute Gasteiger partial charge is 0.393 e. The third-order valence-electron chi connectivity index (χ3n) is 5.64. The third-order valence-corrected chi connectivity index (χ3v) is 9.16. The van der Waals surface area contributed by atoms with Crippen molar-refractivity contribution in [3.8, 4) is 0 Å². The Bertz CT molecular complexity index is 1260. The SMILES string of the molecule is C[C@H](O)C(OC(OP(=O)(O)OP(O)(=S)OCC1OC(n2cnc3c(N)ncnc32)C(O)C1O)[C@H](O)CO)[C@@H](F)CO. The largest absolute Gasteiger partial charge is 0.481 e. The van der Waals surface area contributed by atoms with Crippen molar-refractivity contribution in [2.24, 2.45) is 0 Å². The molecule has 41 heavy (non-hydrogen) atoms. The number of nitrogen functional groups attached to an aromatic ring is 1. The van der Waals surface area contributed by atoms with Crippen LogP contribution in [0.25, 0.3) is 11.2 Å². The van der Waals surface area contributed by atoms with Crippen molar-refractivity contribution in [1.82, 2.24) is 19.5 Å². The van der Waals surface area contributed by atoms with E-state index < -0.39 is 89.7 Å². The number of rotatable bonds is 15. The first-order valence-corrected chi connectivity index (χ1v) is 15.7. The molecule has 19 nitrogen and oxygen atoms in total. The highest BCUT2D eigenvalue weighted by Gasteiger charge is 2.46. The second-order valence-electron chi connectivity index (χ2n) is 8.71. The molecule has 234 valence electrons. The summed E-state index contributed by atoms with van der Waals surface area (Å²) >= 11 is 4.70. The molecular formula is C18H30FN5O14P2S. The first-order chi connectivity index (χ1) is 19.1. The van der Waals surface area contributed by atoms with Gasteiger partial charge in [0.05, 0.1) is 32.3 Å². The molecule has 1 fully saturated rings. The minimum Gasteiger partial charge on any atom is -0.393 e. The summed E-state index contributed by atoms with van der Waals surface area (Å²) in [5.74, 6) is 0.0499. The Morgan fingerprint density at radius 2 is 1.88 bits per heavy atom. The van der Waals surface area contributed by atoms with Gasteiger partial charge in [-0.3, -0.25) is 9.09 Å². The summed E-state index contributed by atoms with van der Waals surface area (Å²) in [7, 11) is -5.52. The average Bonchev–Trinajstić information content (AvgIpc) is 3.45. The van der Waals surface area contributed by atoms with Crippen LogP contribution in [0.2, 0.25) is 0 Å². The van der Waals surface area contributed by atoms with E-state index in [0.717, 1.165) is 13.3 Å². The van der Waals surface area contributed by atoms with E-state index in [2.05, 4.69) is 23.8 Å². The summed E-state index contributed by atoms with van der Waals surface area (Å²) in [5.41, 5.74) is 6.10. The van der Waals surface area contributed by atoms with Crippen LogP contribution in [-0.2, 0) is 39.2 Å². The molecule has 1 aliphatic heterocycles. The highest BCUT2D eigenvalue weighted by molar-refractivity contribution is 8.08. The number of anilines is 1. The Hall–Kier alpha value is -1.36. The number of aliphatic hydroxyl groups excluding tert-OH is 6. The molecule has 3 heterocycles. The van der Waals surface area contributed by atoms with Crippen molar-refractivity contribution in [2.75, 3.05) is 25.6 Å². The van der Waals surface area contributed by atoms with Crippen LogP contribution < -0.4 is 5.73 Å². The second kappa shape index (κ2) is 14.0. The molecule has 11 atom stereocenters. The Balaban J connectivity index is 1.66. The monoisotopic (exact) mass is 653 g/mol. The van der Waals surface area contributed by atoms with Crippen molar-refractivity contribution in [2.45, 2.75) is 62.2 Å². The van der Waals surface area contributed by atoms with Crippen LogP contribution in [0, 0.1) is 0 Å². The van der Waals surface area contributed by atoms with Crippen molar-refractivity contribution < 1.29 is 72.2 Å². The van der Waals surface area contributed by atoms with E-state index in [1.165, 1.54) is 10.9 Å². The van der Waals surface area contributed by atoms with Gasteiger partial charge < -0.3 is 60.2 Å². The molecule has 0 aromatic carbocycles. The van der Waals surface area contributed by atoms with E-state index in [9.17, 15) is 44.3 Å². The van der Waals surface area contributed by atoms with Gasteiger partial charge in [0.2, 0.25) is 0 Å². The molecule has 0 amide bonds. The lowest BCUT2D eigenvalue weighted by molar-refractivity contribution is -0.218. The van der Waals surface area contributed by atoms with Gasteiger partial charge in [0, 0.05) is 0 Å². The Morgan fingerprint density at radius 1 is 1.20 bits per heavy atom. The van der Waals surface area contributed by atoms with Crippen molar-refractivity contribution >= 4 is 43.3 Å². The summed E-state index contributed by atoms with van der Waals surface area (Å²) in [6.07, 6.45) is -13.6. The quantitative estimate of drug-likeness (QED) is 0.0691. The van der Waals surface area contributed by atoms with Gasteiger partial charge in [0.25, 0.3) is 0 Å². The molecule has 10 N–H and O–H groups in total. The molecule has 1 saturated heterocycles. The van der Waals surface area contributed by atoms with Crippen LogP contribution in [0.15, 0.2) is 12.7 Å². The maximum atomic E-state index is 14.0. The van der Waals surface area contributed by atoms with Crippen LogP contribution in [-0.4, -0.2) is 129 Å². The lowest BCUT2D eigenvalue weighted by Crippen LogP contribution is -2.45. The molecule has 8 unspecified atom stereocenters. The lowest BCUT2D eigenvalue weighted by atomic mass is 10.1. The highest BCUT2D eigenvalue weighted by Crippen LogP contribution is 2.61. The maximum Gasteiger partial charge on any atom is 0.481 e. The van der Waals surface area contributed by atoms with E-state index >= 15 is 0 Å². The van der Waals surface area contributed by atoms with E-state index in [-0.39, 0.29) is 17.0 Å². The number of aliphatic hydroxyl groups is 6. The molecule has 1 aliphatic rings. The van der Waals surface area contributed by atoms with Gasteiger partial charge >= 0.3 is 14.5 Å². The minimum absolute atomic E-state index is 0.0499. The second-order valence-corrected chi connectivity index (χ2v) is 13.1. The first kappa shape index (κ1) is 34.1. The summed E-state index contributed by atoms with van der Waals surface area (Å²) in [4.78, 5) is 32.2. The zero-order valence-corrected chi connectivity index (χ0v) is 23.7. The number of halogens is 1. The van der Waals surface area contributed by atoms with Crippen LogP contribution >= 0.6 is 14.5 Å². The molecule has 0 spiro atoms. The van der Waals surface area contributed by atoms with Gasteiger partial charge in [0.15, 0.2) is 30.2 Å². The van der Waals surface area contributed by atoms with Crippen molar-refractivity contribution in [3.63, 3.8) is 0 Å². The Morgan fingerprint density at radius 3 is 2.49 bits per heavy atom. The topological polar surface area (TPSA) is 295 Å². The number of nitrogens with zero attached hydrogens (tertiary/aromatic N) is 4. The van der Waals surface area contributed by atoms with Crippen LogP contribution in [0.1, 0.15) is 13.2 Å². The summed E-state index contributed by atoms with van der Waals surface area (Å²) < 4.78 is 52.3. The van der Waals surface area contributed by atoms with E-state index in [4.69, 9.17) is 36.6 Å². The number of fused-ring (bicyclic) bond motifs is 1. The number of phosphoric ester groups is 1. The Labute approximate surface area is 235 Å². The molecule has 0 radical (unpaired) electrons. The fourth-order valence-electron chi connectivity index (χ4n) is 3.66. The number of phosphoric acid groups is 1. The number of hydrogen-bond acceptors (Lipinski definition) is 17. The van der Waals surface area contributed by atoms with Gasteiger partial charge in [-0.1, -0.05) is 0 Å². The summed E-state index contributed by atoms with van der Waals surface area (Å²) in [5, 5.41) is 58.7. The molecule has 0 aliphatic carbocycles. The fourth-order valence-corrected chi connectivity index (χ4v) is 6.77. The van der Waals surface area contributed by atoms with Crippen LogP contribution in [0.4, 0.5) is 10.2 Å². The number of alkyl halides is 1. The van der Waals surface area contributed by atoms with E-state index in [0.29, 0.717) is 0 Å². The number of aromatic nitrogens is 4. The van der Waals surface area contributed by atoms with E-state index in [1.54, 1.807) is 0 Å². The molecular weight excluding hydrogens is 623 g/mol. The third kappa shape index (κ3) is 8.39. The highest BCUT2D eigenvalue weighted by atomic mass is 32.5. The number of imidazole rings is 1. The molecule has 2 aromatic rings. The van der Waals surface area contributed by atoms with Gasteiger partial charge in [-0.05, 0) is 18.7 Å². The van der Waals surface area contributed by atoms with Crippen molar-refractivity contribution in [3.05, 3.63) is 12.7 Å². The Kier molecular flexibility index (Phi) is 11.6. The first-order valence-electron chi connectivity index (χ1n) is 11.6. The molecule has 2 aromatic heterocycles. The standard InChI is InChI=1S/C18H30FN5O14P2S/c1-7(27)14(8(19)2-25)36-18(9(28)3-26)37-39(31,32)38-40(33,41)34-4-10-12(29)13(30)17(35-10)24-6-23-11-15(20)21-5-22-16(11)24/h5-10,12-14,17-18,25-30H,2-4H2,1H3,(H,31,32)(H,33,41)(H2,20,21,22)/t7-,8-,9+,10?,12?,13?,14?,17?,18?,40?/m0/s1. The van der Waals surface area contributed by atoms with Crippen LogP contribution in [0.5, 0.6) is 0 Å². The predicted molar refractivity (Wildman–Crippen MR) is 136 cm³/mol. The normalized spacial score (nSPS) is 28.0. The molecule has 0 saturated carbocycles. The molecule has 23 heteroatoms. The molecule has 0 bridgehead atoms. The summed E-state index contributed by atoms with van der Waals surface area (Å²) in [6, 6.07) is 0. The maximum absolute atomic E-state index is 14.0. The van der Waals surface area contributed by atoms with Gasteiger partial charge in [-0.15, -0.1) is 0 Å². The fraction of sp³-hybridized carbons (Fsp3) is 0.722. The van der Waals surface area contributed by atoms with Crippen LogP contribution in [0.3, 0.4) is 0 Å². The minimum atomic E-state index is -5.52.